The molecule has 0 aromatic heterocycles. The SMILES string of the molecule is CC(C)CC/C=C(/[Se]c1ccc(Cl)cc1)[Si](C)(C)C. The second-order valence-corrected chi connectivity index (χ2v) is 15.0. The molecule has 0 spiro atoms. The second kappa shape index (κ2) is 7.69. The van der Waals surface area contributed by atoms with Crippen molar-refractivity contribution in [2.45, 2.75) is 46.3 Å². The van der Waals surface area contributed by atoms with Crippen molar-refractivity contribution in [1.29, 1.82) is 0 Å². The van der Waals surface area contributed by atoms with E-state index < -0.39 is 8.07 Å². The first-order valence-corrected chi connectivity index (χ1v) is 12.5. The van der Waals surface area contributed by atoms with Gasteiger partial charge >= 0.3 is 131 Å². The van der Waals surface area contributed by atoms with Gasteiger partial charge in [-0.1, -0.05) is 0 Å². The van der Waals surface area contributed by atoms with Crippen LogP contribution < -0.4 is 4.46 Å². The zero-order valence-corrected chi connectivity index (χ0v) is 16.1. The number of hydrogen-bond donors (Lipinski definition) is 0. The molecule has 0 unspecified atom stereocenters. The first-order chi connectivity index (χ1) is 8.79. The van der Waals surface area contributed by atoms with Crippen LogP contribution >= 0.6 is 11.6 Å². The van der Waals surface area contributed by atoms with E-state index in [1.807, 2.05) is 12.1 Å². The number of hydrogen-bond acceptors (Lipinski definition) is 0. The van der Waals surface area contributed by atoms with Gasteiger partial charge in [-0.25, -0.2) is 0 Å². The first kappa shape index (κ1) is 17.0. The Hall–Kier alpha value is -0.0136. The summed E-state index contributed by atoms with van der Waals surface area (Å²) >= 11 is 6.42. The van der Waals surface area contributed by atoms with Gasteiger partial charge in [0.1, 0.15) is 0 Å². The summed E-state index contributed by atoms with van der Waals surface area (Å²) in [5.74, 6) is 0.794. The summed E-state index contributed by atoms with van der Waals surface area (Å²) in [7, 11) is -1.20. The van der Waals surface area contributed by atoms with Gasteiger partial charge in [-0.2, -0.15) is 0 Å². The molecule has 0 amide bonds. The summed E-state index contributed by atoms with van der Waals surface area (Å²) in [4.78, 5) is 0. The van der Waals surface area contributed by atoms with Gasteiger partial charge in [0, 0.05) is 0 Å². The first-order valence-electron chi connectivity index (χ1n) is 6.93. The summed E-state index contributed by atoms with van der Waals surface area (Å²) in [5.41, 5.74) is 0. The second-order valence-electron chi connectivity index (χ2n) is 6.35. The van der Waals surface area contributed by atoms with Crippen LogP contribution in [0.5, 0.6) is 0 Å². The number of halogens is 1. The van der Waals surface area contributed by atoms with Gasteiger partial charge < -0.3 is 0 Å². The third kappa shape index (κ3) is 6.81. The van der Waals surface area contributed by atoms with E-state index in [0.717, 1.165) is 10.9 Å². The van der Waals surface area contributed by atoms with Crippen LogP contribution in [0.4, 0.5) is 0 Å². The molecule has 106 valence electrons. The van der Waals surface area contributed by atoms with E-state index in [1.165, 1.54) is 17.3 Å². The van der Waals surface area contributed by atoms with Crippen molar-refractivity contribution >= 4 is 39.1 Å². The Balaban J connectivity index is 2.78. The maximum atomic E-state index is 5.96. The third-order valence-corrected chi connectivity index (χ3v) is 11.1. The zero-order valence-electron chi connectivity index (χ0n) is 12.7. The van der Waals surface area contributed by atoms with Crippen molar-refractivity contribution in [3.8, 4) is 0 Å². The molecule has 1 rings (SSSR count). The van der Waals surface area contributed by atoms with Crippen LogP contribution in [0.2, 0.25) is 24.7 Å². The Morgan fingerprint density at radius 3 is 2.26 bits per heavy atom. The van der Waals surface area contributed by atoms with Crippen molar-refractivity contribution in [3.63, 3.8) is 0 Å². The van der Waals surface area contributed by atoms with E-state index in [1.54, 1.807) is 4.09 Å². The molecule has 0 aliphatic carbocycles. The van der Waals surface area contributed by atoms with Gasteiger partial charge in [-0.15, -0.1) is 0 Å². The van der Waals surface area contributed by atoms with Crippen molar-refractivity contribution in [2.24, 2.45) is 5.92 Å². The normalized spacial score (nSPS) is 13.1. The molecular weight excluding hydrogens is 335 g/mol. The summed E-state index contributed by atoms with van der Waals surface area (Å²) < 4.78 is 3.16. The predicted octanol–water partition coefficient (Wildman–Crippen LogP) is 4.87. The molecule has 0 nitrogen and oxygen atoms in total. The molecule has 0 atom stereocenters. The minimum absolute atomic E-state index is 0.464. The van der Waals surface area contributed by atoms with Crippen LogP contribution in [-0.2, 0) is 0 Å². The van der Waals surface area contributed by atoms with Crippen LogP contribution in [0.15, 0.2) is 34.4 Å². The zero-order chi connectivity index (χ0) is 14.5. The average molecular weight is 360 g/mol. The molecule has 19 heavy (non-hydrogen) atoms. The molecule has 0 radical (unpaired) electrons. The fourth-order valence-corrected chi connectivity index (χ4v) is 6.93. The Bertz CT molecular complexity index is 415. The van der Waals surface area contributed by atoms with Gasteiger partial charge in [0.2, 0.25) is 0 Å². The Morgan fingerprint density at radius 1 is 1.21 bits per heavy atom. The Labute approximate surface area is 130 Å². The quantitative estimate of drug-likeness (QED) is 0.636. The molecule has 0 fully saturated rings. The van der Waals surface area contributed by atoms with Crippen molar-refractivity contribution in [1.82, 2.24) is 0 Å². The number of benzene rings is 1. The van der Waals surface area contributed by atoms with Gasteiger partial charge in [-0.3, -0.25) is 0 Å². The molecule has 0 aliphatic heterocycles. The molecule has 0 heterocycles. The van der Waals surface area contributed by atoms with E-state index in [4.69, 9.17) is 11.6 Å². The topological polar surface area (TPSA) is 0 Å². The van der Waals surface area contributed by atoms with E-state index in [2.05, 4.69) is 51.7 Å². The van der Waals surface area contributed by atoms with Gasteiger partial charge in [-0.05, 0) is 0 Å². The fourth-order valence-electron chi connectivity index (χ4n) is 1.68. The molecule has 0 N–H and O–H groups in total. The predicted molar refractivity (Wildman–Crippen MR) is 92.3 cm³/mol. The average Bonchev–Trinajstić information content (AvgIpc) is 2.28. The van der Waals surface area contributed by atoms with Gasteiger partial charge in [0.25, 0.3) is 0 Å². The summed E-state index contributed by atoms with van der Waals surface area (Å²) in [6.45, 7) is 11.9. The number of rotatable bonds is 6. The molecule has 0 saturated heterocycles. The molecule has 1 aromatic rings. The molecule has 0 saturated carbocycles. The minimum atomic E-state index is -1.20. The summed E-state index contributed by atoms with van der Waals surface area (Å²) in [5, 5.41) is 0.831. The van der Waals surface area contributed by atoms with Crippen molar-refractivity contribution in [3.05, 3.63) is 39.5 Å². The van der Waals surface area contributed by atoms with Crippen LogP contribution in [-0.4, -0.2) is 23.0 Å². The molecule has 0 aliphatic rings. The fraction of sp³-hybridized carbons (Fsp3) is 0.500. The maximum absolute atomic E-state index is 5.96. The Kier molecular flexibility index (Phi) is 6.89. The molecule has 0 bridgehead atoms. The summed E-state index contributed by atoms with van der Waals surface area (Å²) in [6.07, 6.45) is 5.05. The van der Waals surface area contributed by atoms with Crippen molar-refractivity contribution in [2.75, 3.05) is 0 Å². The third-order valence-electron chi connectivity index (χ3n) is 2.85. The van der Waals surface area contributed by atoms with E-state index in [-0.39, 0.29) is 0 Å². The van der Waals surface area contributed by atoms with E-state index in [9.17, 15) is 0 Å². The van der Waals surface area contributed by atoms with E-state index >= 15 is 0 Å². The molecular formula is C16H25ClSeSi. The van der Waals surface area contributed by atoms with Crippen LogP contribution in [0, 0.1) is 5.92 Å². The van der Waals surface area contributed by atoms with Crippen molar-refractivity contribution < 1.29 is 0 Å². The van der Waals surface area contributed by atoms with Crippen LogP contribution in [0.3, 0.4) is 0 Å². The van der Waals surface area contributed by atoms with Gasteiger partial charge in [0.05, 0.1) is 0 Å². The number of allylic oxidation sites excluding steroid dienone is 1. The molecule has 1 aromatic carbocycles. The van der Waals surface area contributed by atoms with Crippen LogP contribution in [0.1, 0.15) is 26.7 Å². The van der Waals surface area contributed by atoms with Gasteiger partial charge in [0.15, 0.2) is 0 Å². The standard InChI is InChI=1S/C16H25ClSeSi/c1-13(2)7-6-8-16(19(3,4)5)18-15-11-9-14(17)10-12-15/h8-13H,6-7H2,1-5H3/b16-8-. The van der Waals surface area contributed by atoms with Crippen LogP contribution in [0.25, 0.3) is 0 Å². The van der Waals surface area contributed by atoms with E-state index in [0.29, 0.717) is 15.0 Å². The summed E-state index contributed by atoms with van der Waals surface area (Å²) in [6, 6.07) is 8.38. The molecule has 3 heteroatoms. The monoisotopic (exact) mass is 360 g/mol. The Morgan fingerprint density at radius 2 is 1.79 bits per heavy atom.